The first-order valence-electron chi connectivity index (χ1n) is 4.73. The highest BCUT2D eigenvalue weighted by Crippen LogP contribution is 2.28. The van der Waals surface area contributed by atoms with Crippen molar-refractivity contribution in [2.75, 3.05) is 11.1 Å². The lowest BCUT2D eigenvalue weighted by molar-refractivity contribution is 1.52. The van der Waals surface area contributed by atoms with E-state index in [0.717, 1.165) is 21.5 Å². The second kappa shape index (κ2) is 4.76. The monoisotopic (exact) mass is 296 g/mol. The molecule has 0 heterocycles. The van der Waals surface area contributed by atoms with Gasteiger partial charge in [0.15, 0.2) is 0 Å². The molecule has 0 bridgehead atoms. The average molecular weight is 298 g/mol. The van der Waals surface area contributed by atoms with E-state index in [-0.39, 0.29) is 0 Å². The highest BCUT2D eigenvalue weighted by atomic mass is 79.9. The van der Waals surface area contributed by atoms with Crippen LogP contribution in [0.1, 0.15) is 0 Å². The molecule has 0 atom stereocenters. The largest absolute Gasteiger partial charge is 0.399 e. The third-order valence-corrected chi connectivity index (χ3v) is 3.01. The number of anilines is 3. The molecule has 16 heavy (non-hydrogen) atoms. The summed E-state index contributed by atoms with van der Waals surface area (Å²) in [4.78, 5) is 0. The first-order chi connectivity index (χ1) is 7.65. The number of hydrogen-bond acceptors (Lipinski definition) is 2. The molecule has 0 fully saturated rings. The molecule has 0 unspecified atom stereocenters. The van der Waals surface area contributed by atoms with Crippen molar-refractivity contribution in [3.8, 4) is 0 Å². The Hall–Kier alpha value is -1.19. The molecule has 4 heteroatoms. The highest BCUT2D eigenvalue weighted by Gasteiger charge is 2.00. The van der Waals surface area contributed by atoms with E-state index in [2.05, 4.69) is 21.2 Å². The zero-order valence-corrected chi connectivity index (χ0v) is 10.7. The zero-order chi connectivity index (χ0) is 11.5. The normalized spacial score (nSPS) is 10.1. The Bertz CT molecular complexity index is 497. The van der Waals surface area contributed by atoms with Crippen molar-refractivity contribution in [2.45, 2.75) is 0 Å². The van der Waals surface area contributed by atoms with Crippen molar-refractivity contribution in [1.29, 1.82) is 0 Å². The number of halogens is 2. The Morgan fingerprint density at radius 3 is 2.38 bits per heavy atom. The maximum absolute atomic E-state index is 5.87. The molecule has 0 aliphatic carbocycles. The van der Waals surface area contributed by atoms with Crippen LogP contribution >= 0.6 is 27.5 Å². The van der Waals surface area contributed by atoms with E-state index in [9.17, 15) is 0 Å². The predicted molar refractivity (Wildman–Crippen MR) is 73.3 cm³/mol. The number of nitrogens with two attached hydrogens (primary N) is 1. The third kappa shape index (κ3) is 2.68. The van der Waals surface area contributed by atoms with E-state index in [4.69, 9.17) is 17.3 Å². The van der Waals surface area contributed by atoms with Gasteiger partial charge in [-0.25, -0.2) is 0 Å². The molecular formula is C12H10BrClN2. The standard InChI is InChI=1S/C12H10BrClN2/c13-11-7-8(14)1-6-12(11)16-10-4-2-9(15)3-5-10/h1-7,16H,15H2. The molecule has 0 spiro atoms. The van der Waals surface area contributed by atoms with E-state index in [1.165, 1.54) is 0 Å². The van der Waals surface area contributed by atoms with Gasteiger partial charge in [-0.2, -0.15) is 0 Å². The summed E-state index contributed by atoms with van der Waals surface area (Å²) in [6.45, 7) is 0. The summed E-state index contributed by atoms with van der Waals surface area (Å²) in [5.41, 5.74) is 8.32. The van der Waals surface area contributed by atoms with E-state index in [0.29, 0.717) is 5.02 Å². The summed E-state index contributed by atoms with van der Waals surface area (Å²) >= 11 is 9.31. The van der Waals surface area contributed by atoms with Crippen LogP contribution in [0.4, 0.5) is 17.1 Å². The zero-order valence-electron chi connectivity index (χ0n) is 8.37. The van der Waals surface area contributed by atoms with Gasteiger partial charge in [0.25, 0.3) is 0 Å². The van der Waals surface area contributed by atoms with Gasteiger partial charge < -0.3 is 11.1 Å². The Kier molecular flexibility index (Phi) is 3.36. The first-order valence-corrected chi connectivity index (χ1v) is 5.90. The Morgan fingerprint density at radius 2 is 1.75 bits per heavy atom. The number of rotatable bonds is 2. The van der Waals surface area contributed by atoms with Crippen LogP contribution < -0.4 is 11.1 Å². The van der Waals surface area contributed by atoms with Crippen molar-refractivity contribution in [3.05, 3.63) is 52.0 Å². The highest BCUT2D eigenvalue weighted by molar-refractivity contribution is 9.10. The average Bonchev–Trinajstić information content (AvgIpc) is 2.25. The second-order valence-corrected chi connectivity index (χ2v) is 4.66. The molecule has 2 aromatic rings. The molecule has 0 aromatic heterocycles. The fraction of sp³-hybridized carbons (Fsp3) is 0. The maximum atomic E-state index is 5.87. The predicted octanol–water partition coefficient (Wildman–Crippen LogP) is 4.43. The minimum atomic E-state index is 0.703. The summed E-state index contributed by atoms with van der Waals surface area (Å²) < 4.78 is 0.928. The van der Waals surface area contributed by atoms with Gasteiger partial charge in [-0.3, -0.25) is 0 Å². The second-order valence-electron chi connectivity index (χ2n) is 3.37. The van der Waals surface area contributed by atoms with E-state index >= 15 is 0 Å². The summed E-state index contributed by atoms with van der Waals surface area (Å²) in [6.07, 6.45) is 0. The molecular weight excluding hydrogens is 288 g/mol. The van der Waals surface area contributed by atoms with Gasteiger partial charge in [0.05, 0.1) is 5.69 Å². The van der Waals surface area contributed by atoms with Gasteiger partial charge in [-0.15, -0.1) is 0 Å². The van der Waals surface area contributed by atoms with Crippen LogP contribution in [0.25, 0.3) is 0 Å². The van der Waals surface area contributed by atoms with Crippen molar-refractivity contribution in [1.82, 2.24) is 0 Å². The first kappa shape index (κ1) is 11.3. The van der Waals surface area contributed by atoms with Crippen LogP contribution in [-0.2, 0) is 0 Å². The molecule has 0 radical (unpaired) electrons. The third-order valence-electron chi connectivity index (χ3n) is 2.12. The summed E-state index contributed by atoms with van der Waals surface area (Å²) in [6, 6.07) is 13.2. The lowest BCUT2D eigenvalue weighted by Crippen LogP contribution is -1.92. The van der Waals surface area contributed by atoms with Crippen LogP contribution in [0, 0.1) is 0 Å². The van der Waals surface area contributed by atoms with Gasteiger partial charge in [0, 0.05) is 20.9 Å². The lowest BCUT2D eigenvalue weighted by atomic mass is 10.2. The van der Waals surface area contributed by atoms with Gasteiger partial charge >= 0.3 is 0 Å². The molecule has 2 nitrogen and oxygen atoms in total. The molecule has 2 aromatic carbocycles. The summed E-state index contributed by atoms with van der Waals surface area (Å²) in [7, 11) is 0. The van der Waals surface area contributed by atoms with Crippen molar-refractivity contribution in [2.24, 2.45) is 0 Å². The summed E-state index contributed by atoms with van der Waals surface area (Å²) in [5.74, 6) is 0. The molecule has 3 N–H and O–H groups in total. The van der Waals surface area contributed by atoms with Crippen molar-refractivity contribution < 1.29 is 0 Å². The fourth-order valence-electron chi connectivity index (χ4n) is 1.31. The number of nitrogen functional groups attached to an aromatic ring is 1. The molecule has 0 aliphatic rings. The van der Waals surface area contributed by atoms with E-state index in [1.54, 1.807) is 0 Å². The van der Waals surface area contributed by atoms with Crippen LogP contribution in [0.3, 0.4) is 0 Å². The Labute approximate surface area is 108 Å². The van der Waals surface area contributed by atoms with Gasteiger partial charge in [-0.1, -0.05) is 11.6 Å². The topological polar surface area (TPSA) is 38.0 Å². The van der Waals surface area contributed by atoms with E-state index in [1.807, 2.05) is 42.5 Å². The molecule has 0 amide bonds. The van der Waals surface area contributed by atoms with Crippen LogP contribution in [0.2, 0.25) is 5.02 Å². The molecule has 82 valence electrons. The lowest BCUT2D eigenvalue weighted by Gasteiger charge is -2.08. The molecule has 2 rings (SSSR count). The summed E-state index contributed by atoms with van der Waals surface area (Å²) in [5, 5.41) is 3.97. The smallest absolute Gasteiger partial charge is 0.0529 e. The van der Waals surface area contributed by atoms with Gasteiger partial charge in [0.2, 0.25) is 0 Å². The van der Waals surface area contributed by atoms with Gasteiger partial charge in [0.1, 0.15) is 0 Å². The molecule has 0 saturated carbocycles. The number of nitrogens with one attached hydrogen (secondary N) is 1. The van der Waals surface area contributed by atoms with Crippen LogP contribution in [-0.4, -0.2) is 0 Å². The van der Waals surface area contributed by atoms with Gasteiger partial charge in [-0.05, 0) is 58.4 Å². The van der Waals surface area contributed by atoms with Crippen molar-refractivity contribution >= 4 is 44.6 Å². The van der Waals surface area contributed by atoms with E-state index < -0.39 is 0 Å². The van der Waals surface area contributed by atoms with Crippen LogP contribution in [0.15, 0.2) is 46.9 Å². The Morgan fingerprint density at radius 1 is 1.06 bits per heavy atom. The number of hydrogen-bond donors (Lipinski definition) is 2. The number of benzene rings is 2. The van der Waals surface area contributed by atoms with Crippen molar-refractivity contribution in [3.63, 3.8) is 0 Å². The molecule has 0 aliphatic heterocycles. The minimum Gasteiger partial charge on any atom is -0.399 e. The fourth-order valence-corrected chi connectivity index (χ4v) is 2.09. The maximum Gasteiger partial charge on any atom is 0.0529 e. The quantitative estimate of drug-likeness (QED) is 0.805. The molecule has 0 saturated heterocycles. The minimum absolute atomic E-state index is 0.703. The Balaban J connectivity index is 2.23. The SMILES string of the molecule is Nc1ccc(Nc2ccc(Cl)cc2Br)cc1. The van der Waals surface area contributed by atoms with Crippen LogP contribution in [0.5, 0.6) is 0 Å².